The number of nitrogens with one attached hydrogen (secondary N) is 2. The van der Waals surface area contributed by atoms with E-state index >= 15 is 0 Å². The van der Waals surface area contributed by atoms with E-state index in [2.05, 4.69) is 44.8 Å². The fourth-order valence-electron chi connectivity index (χ4n) is 3.86. The Hall–Kier alpha value is -3.27. The first-order chi connectivity index (χ1) is 14.4. The first-order valence-corrected chi connectivity index (χ1v) is 10.2. The Morgan fingerprint density at radius 1 is 1.23 bits per heavy atom. The molecule has 3 aromatic rings. The van der Waals surface area contributed by atoms with E-state index < -0.39 is 5.91 Å². The first kappa shape index (κ1) is 20.0. The van der Waals surface area contributed by atoms with Gasteiger partial charge in [0.25, 0.3) is 5.91 Å². The molecule has 0 bridgehead atoms. The normalized spacial score (nSPS) is 19.2. The second-order valence-corrected chi connectivity index (χ2v) is 7.94. The van der Waals surface area contributed by atoms with E-state index in [0.717, 1.165) is 42.3 Å². The van der Waals surface area contributed by atoms with Crippen molar-refractivity contribution in [2.24, 2.45) is 11.5 Å². The molecule has 0 spiro atoms. The van der Waals surface area contributed by atoms with Crippen LogP contribution in [0.3, 0.4) is 0 Å². The molecular weight excluding hydrogens is 382 g/mol. The zero-order chi connectivity index (χ0) is 21.3. The van der Waals surface area contributed by atoms with Crippen LogP contribution in [-0.2, 0) is 0 Å². The molecule has 2 aromatic heterocycles. The molecule has 0 radical (unpaired) electrons. The molecule has 158 valence electrons. The van der Waals surface area contributed by atoms with Gasteiger partial charge in [0, 0.05) is 23.5 Å². The Bertz CT molecular complexity index is 1060. The Kier molecular flexibility index (Phi) is 5.49. The Balaban J connectivity index is 1.67. The fourth-order valence-corrected chi connectivity index (χ4v) is 3.86. The molecule has 10 nitrogen and oxygen atoms in total. The summed E-state index contributed by atoms with van der Waals surface area (Å²) in [6.07, 6.45) is 5.91. The Morgan fingerprint density at radius 3 is 2.77 bits per heavy atom. The lowest BCUT2D eigenvalue weighted by Crippen LogP contribution is -2.43. The molecule has 0 saturated heterocycles. The van der Waals surface area contributed by atoms with Crippen LogP contribution < -0.4 is 22.1 Å². The average Bonchev–Trinajstić information content (AvgIpc) is 3.15. The molecule has 6 N–H and O–H groups in total. The van der Waals surface area contributed by atoms with Crippen LogP contribution in [0.5, 0.6) is 0 Å². The second-order valence-electron chi connectivity index (χ2n) is 7.94. The van der Waals surface area contributed by atoms with E-state index in [1.165, 1.54) is 0 Å². The maximum atomic E-state index is 11.9. The minimum absolute atomic E-state index is 0.0262. The van der Waals surface area contributed by atoms with Crippen LogP contribution in [0.1, 0.15) is 56.1 Å². The second kappa shape index (κ2) is 8.23. The predicted octanol–water partition coefficient (Wildman–Crippen LogP) is 2.33. The number of fused-ring (bicyclic) bond motifs is 1. The van der Waals surface area contributed by atoms with Crippen molar-refractivity contribution in [1.29, 1.82) is 0 Å². The number of anilines is 3. The van der Waals surface area contributed by atoms with Crippen molar-refractivity contribution in [1.82, 2.24) is 25.0 Å². The highest BCUT2D eigenvalue weighted by Crippen LogP contribution is 2.28. The minimum Gasteiger partial charge on any atom is -0.364 e. The molecule has 4 rings (SSSR count). The zero-order valence-corrected chi connectivity index (χ0v) is 17.2. The maximum Gasteiger partial charge on any atom is 0.273 e. The van der Waals surface area contributed by atoms with Crippen molar-refractivity contribution >= 4 is 34.3 Å². The van der Waals surface area contributed by atoms with Crippen molar-refractivity contribution in [2.45, 2.75) is 57.7 Å². The lowest BCUT2D eigenvalue weighted by Gasteiger charge is -2.29. The average molecular weight is 409 g/mol. The van der Waals surface area contributed by atoms with Gasteiger partial charge in [0.15, 0.2) is 11.5 Å². The van der Waals surface area contributed by atoms with E-state index in [0.29, 0.717) is 5.95 Å². The van der Waals surface area contributed by atoms with Crippen molar-refractivity contribution < 1.29 is 4.79 Å². The smallest absolute Gasteiger partial charge is 0.273 e. The number of hydrogen-bond donors (Lipinski definition) is 4. The van der Waals surface area contributed by atoms with Crippen LogP contribution in [-0.4, -0.2) is 43.0 Å². The molecular formula is C20H27N9O. The monoisotopic (exact) mass is 409 g/mol. The van der Waals surface area contributed by atoms with E-state index in [4.69, 9.17) is 11.5 Å². The standard InChI is InChI=1S/C20H27N9O/c1-11(2)29-16-9-5-8-14(12(16)10-23-29)24-19-17(18(22)30)27-28-20(26-19)25-15-7-4-3-6-13(15)21/h5,8-11,13,15H,3-4,6-7,21H2,1-2H3,(H2,22,30)(H2,24,25,26,28)/t13-,15+/m0/s1. The van der Waals surface area contributed by atoms with Crippen LogP contribution in [0.25, 0.3) is 10.9 Å². The van der Waals surface area contributed by atoms with Crippen LogP contribution >= 0.6 is 0 Å². The Morgan fingerprint density at radius 2 is 2.03 bits per heavy atom. The molecule has 1 amide bonds. The Labute approximate surface area is 174 Å². The molecule has 10 heteroatoms. The predicted molar refractivity (Wildman–Crippen MR) is 116 cm³/mol. The van der Waals surface area contributed by atoms with Crippen LogP contribution in [0.2, 0.25) is 0 Å². The van der Waals surface area contributed by atoms with Crippen LogP contribution in [0.15, 0.2) is 24.4 Å². The summed E-state index contributed by atoms with van der Waals surface area (Å²) in [6, 6.07) is 6.13. The number of benzene rings is 1. The van der Waals surface area contributed by atoms with Crippen molar-refractivity contribution in [3.05, 3.63) is 30.1 Å². The van der Waals surface area contributed by atoms with Gasteiger partial charge in [-0.2, -0.15) is 10.1 Å². The fraction of sp³-hybridized carbons (Fsp3) is 0.450. The number of carbonyl (C=O) groups is 1. The largest absolute Gasteiger partial charge is 0.364 e. The number of rotatable bonds is 6. The number of primary amides is 1. The molecule has 1 aliphatic rings. The topological polar surface area (TPSA) is 150 Å². The number of hydrogen-bond acceptors (Lipinski definition) is 8. The highest BCUT2D eigenvalue weighted by atomic mass is 16.1. The zero-order valence-electron chi connectivity index (χ0n) is 17.2. The number of amides is 1. The van der Waals surface area contributed by atoms with Gasteiger partial charge in [-0.15, -0.1) is 10.2 Å². The third-order valence-corrected chi connectivity index (χ3v) is 5.44. The third-order valence-electron chi connectivity index (χ3n) is 5.44. The van der Waals surface area contributed by atoms with Crippen molar-refractivity contribution in [3.63, 3.8) is 0 Å². The van der Waals surface area contributed by atoms with E-state index in [-0.39, 0.29) is 29.6 Å². The van der Waals surface area contributed by atoms with Gasteiger partial charge in [0.05, 0.1) is 17.4 Å². The highest BCUT2D eigenvalue weighted by molar-refractivity contribution is 5.98. The first-order valence-electron chi connectivity index (χ1n) is 10.2. The van der Waals surface area contributed by atoms with Gasteiger partial charge < -0.3 is 22.1 Å². The molecule has 1 fully saturated rings. The van der Waals surface area contributed by atoms with Crippen molar-refractivity contribution in [2.75, 3.05) is 10.6 Å². The van der Waals surface area contributed by atoms with E-state index in [9.17, 15) is 4.79 Å². The molecule has 2 heterocycles. The van der Waals surface area contributed by atoms with Gasteiger partial charge in [-0.3, -0.25) is 9.48 Å². The molecule has 30 heavy (non-hydrogen) atoms. The minimum atomic E-state index is -0.705. The summed E-state index contributed by atoms with van der Waals surface area (Å²) in [5, 5.41) is 19.9. The SMILES string of the molecule is CC(C)n1ncc2c(Nc3nc(N[C@@H]4CCCC[C@@H]4N)nnc3C(N)=O)cccc21. The number of nitrogens with zero attached hydrogens (tertiary/aromatic N) is 5. The summed E-state index contributed by atoms with van der Waals surface area (Å²) in [7, 11) is 0. The van der Waals surface area contributed by atoms with Gasteiger partial charge in [-0.05, 0) is 38.8 Å². The van der Waals surface area contributed by atoms with Gasteiger partial charge in [-0.1, -0.05) is 18.9 Å². The summed E-state index contributed by atoms with van der Waals surface area (Å²) < 4.78 is 1.94. The maximum absolute atomic E-state index is 11.9. The summed E-state index contributed by atoms with van der Waals surface area (Å²) in [4.78, 5) is 16.4. The number of carbonyl (C=O) groups excluding carboxylic acids is 1. The summed E-state index contributed by atoms with van der Waals surface area (Å²) in [5.74, 6) is -0.146. The number of aromatic nitrogens is 5. The van der Waals surface area contributed by atoms with Gasteiger partial charge in [0.2, 0.25) is 5.95 Å². The third kappa shape index (κ3) is 3.90. The highest BCUT2D eigenvalue weighted by Gasteiger charge is 2.24. The summed E-state index contributed by atoms with van der Waals surface area (Å²) in [6.45, 7) is 4.14. The van der Waals surface area contributed by atoms with Gasteiger partial charge in [0.1, 0.15) is 0 Å². The van der Waals surface area contributed by atoms with E-state index in [1.54, 1.807) is 6.20 Å². The number of nitrogens with two attached hydrogens (primary N) is 2. The molecule has 2 atom stereocenters. The molecule has 1 saturated carbocycles. The van der Waals surface area contributed by atoms with Gasteiger partial charge >= 0.3 is 0 Å². The van der Waals surface area contributed by atoms with Crippen LogP contribution in [0, 0.1) is 0 Å². The molecule has 1 aliphatic carbocycles. The molecule has 0 aliphatic heterocycles. The summed E-state index contributed by atoms with van der Waals surface area (Å²) >= 11 is 0. The van der Waals surface area contributed by atoms with Crippen molar-refractivity contribution in [3.8, 4) is 0 Å². The molecule has 0 unspecified atom stereocenters. The lowest BCUT2D eigenvalue weighted by molar-refractivity contribution is 0.0995. The summed E-state index contributed by atoms with van der Waals surface area (Å²) in [5.41, 5.74) is 13.4. The lowest BCUT2D eigenvalue weighted by atomic mass is 9.91. The quantitative estimate of drug-likeness (QED) is 0.484. The molecule has 1 aromatic carbocycles. The van der Waals surface area contributed by atoms with Crippen LogP contribution in [0.4, 0.5) is 17.5 Å². The van der Waals surface area contributed by atoms with Gasteiger partial charge in [-0.25, -0.2) is 0 Å². The van der Waals surface area contributed by atoms with E-state index in [1.807, 2.05) is 22.9 Å².